The van der Waals surface area contributed by atoms with Crippen LogP contribution in [0.3, 0.4) is 0 Å². The van der Waals surface area contributed by atoms with Crippen molar-refractivity contribution in [2.24, 2.45) is 7.05 Å². The SMILES string of the molecule is Cc1nn(C)c(C)c1CCC(=O)c1c(F)cccc1F. The third-order valence-electron chi connectivity index (χ3n) is 3.50. The number of nitrogens with zero attached hydrogens (tertiary/aromatic N) is 2. The fraction of sp³-hybridized carbons (Fsp3) is 0.333. The first-order chi connectivity index (χ1) is 9.41. The number of carbonyl (C=O) groups excluding carboxylic acids is 1. The largest absolute Gasteiger partial charge is 0.294 e. The summed E-state index contributed by atoms with van der Waals surface area (Å²) in [6.45, 7) is 3.76. The van der Waals surface area contributed by atoms with E-state index in [4.69, 9.17) is 0 Å². The van der Waals surface area contributed by atoms with Crippen LogP contribution >= 0.6 is 0 Å². The zero-order valence-corrected chi connectivity index (χ0v) is 11.7. The lowest BCUT2D eigenvalue weighted by atomic mass is 10.0. The molecule has 0 unspecified atom stereocenters. The average Bonchev–Trinajstić information content (AvgIpc) is 2.61. The van der Waals surface area contributed by atoms with E-state index in [9.17, 15) is 13.6 Å². The lowest BCUT2D eigenvalue weighted by Gasteiger charge is -2.05. The molecule has 0 amide bonds. The molecule has 0 aliphatic heterocycles. The van der Waals surface area contributed by atoms with Crippen LogP contribution in [0.25, 0.3) is 0 Å². The Morgan fingerprint density at radius 2 is 1.85 bits per heavy atom. The maximum absolute atomic E-state index is 13.5. The van der Waals surface area contributed by atoms with Gasteiger partial charge in [-0.05, 0) is 38.0 Å². The van der Waals surface area contributed by atoms with Gasteiger partial charge in [0.05, 0.1) is 11.3 Å². The van der Waals surface area contributed by atoms with E-state index in [0.29, 0.717) is 6.42 Å². The summed E-state index contributed by atoms with van der Waals surface area (Å²) in [7, 11) is 1.82. The lowest BCUT2D eigenvalue weighted by molar-refractivity contribution is 0.0974. The van der Waals surface area contributed by atoms with E-state index in [-0.39, 0.29) is 6.42 Å². The number of ketones is 1. The molecule has 1 heterocycles. The number of halogens is 2. The quantitative estimate of drug-likeness (QED) is 0.805. The van der Waals surface area contributed by atoms with E-state index >= 15 is 0 Å². The highest BCUT2D eigenvalue weighted by Crippen LogP contribution is 2.18. The van der Waals surface area contributed by atoms with Gasteiger partial charge < -0.3 is 0 Å². The van der Waals surface area contributed by atoms with Crippen LogP contribution in [0, 0.1) is 25.5 Å². The molecule has 2 rings (SSSR count). The predicted octanol–water partition coefficient (Wildman–Crippen LogP) is 3.13. The molecule has 20 heavy (non-hydrogen) atoms. The number of aromatic nitrogens is 2. The minimum absolute atomic E-state index is 0.0607. The Kier molecular flexibility index (Phi) is 3.97. The summed E-state index contributed by atoms with van der Waals surface area (Å²) in [6, 6.07) is 3.44. The van der Waals surface area contributed by atoms with Crippen molar-refractivity contribution in [3.63, 3.8) is 0 Å². The molecule has 0 radical (unpaired) electrons. The molecule has 0 saturated carbocycles. The molecule has 106 valence electrons. The van der Waals surface area contributed by atoms with Crippen LogP contribution in [-0.2, 0) is 13.5 Å². The highest BCUT2D eigenvalue weighted by Gasteiger charge is 2.18. The van der Waals surface area contributed by atoms with Crippen LogP contribution in [0.5, 0.6) is 0 Å². The van der Waals surface area contributed by atoms with E-state index in [1.807, 2.05) is 20.9 Å². The molecule has 0 aliphatic rings. The summed E-state index contributed by atoms with van der Waals surface area (Å²) < 4.78 is 28.8. The highest BCUT2D eigenvalue weighted by molar-refractivity contribution is 5.96. The second kappa shape index (κ2) is 5.53. The minimum atomic E-state index is -0.811. The van der Waals surface area contributed by atoms with Crippen molar-refractivity contribution >= 4 is 5.78 Å². The van der Waals surface area contributed by atoms with E-state index in [0.717, 1.165) is 29.1 Å². The third kappa shape index (κ3) is 2.61. The molecular weight excluding hydrogens is 262 g/mol. The molecule has 1 aromatic heterocycles. The number of hydrogen-bond donors (Lipinski definition) is 0. The Balaban J connectivity index is 2.17. The van der Waals surface area contributed by atoms with Crippen molar-refractivity contribution in [1.29, 1.82) is 0 Å². The van der Waals surface area contributed by atoms with Gasteiger partial charge >= 0.3 is 0 Å². The normalized spacial score (nSPS) is 10.8. The van der Waals surface area contributed by atoms with Gasteiger partial charge in [0.15, 0.2) is 5.78 Å². The van der Waals surface area contributed by atoms with Crippen LogP contribution < -0.4 is 0 Å². The molecular formula is C15H16F2N2O. The van der Waals surface area contributed by atoms with Gasteiger partial charge in [0.2, 0.25) is 0 Å². The number of hydrogen-bond acceptors (Lipinski definition) is 2. The monoisotopic (exact) mass is 278 g/mol. The Morgan fingerprint density at radius 3 is 2.35 bits per heavy atom. The summed E-state index contributed by atoms with van der Waals surface area (Å²) in [5, 5.41) is 4.25. The van der Waals surface area contributed by atoms with E-state index in [2.05, 4.69) is 5.10 Å². The number of Topliss-reactive ketones (excluding diaryl/α,β-unsaturated/α-hetero) is 1. The molecule has 0 aliphatic carbocycles. The summed E-state index contributed by atoms with van der Waals surface area (Å²) in [5.74, 6) is -2.15. The Morgan fingerprint density at radius 1 is 1.25 bits per heavy atom. The van der Waals surface area contributed by atoms with Crippen LogP contribution in [0.1, 0.15) is 33.7 Å². The molecule has 0 atom stereocenters. The van der Waals surface area contributed by atoms with Crippen molar-refractivity contribution in [2.75, 3.05) is 0 Å². The molecule has 2 aromatic rings. The van der Waals surface area contributed by atoms with Crippen molar-refractivity contribution in [3.05, 3.63) is 52.3 Å². The van der Waals surface area contributed by atoms with Crippen LogP contribution in [0.2, 0.25) is 0 Å². The first kappa shape index (κ1) is 14.4. The summed E-state index contributed by atoms with van der Waals surface area (Å²) in [4.78, 5) is 12.0. The topological polar surface area (TPSA) is 34.9 Å². The Bertz CT molecular complexity index is 642. The summed E-state index contributed by atoms with van der Waals surface area (Å²) in [6.07, 6.45) is 0.489. The second-order valence-corrected chi connectivity index (χ2v) is 4.79. The highest BCUT2D eigenvalue weighted by atomic mass is 19.1. The number of rotatable bonds is 4. The lowest BCUT2D eigenvalue weighted by Crippen LogP contribution is -2.07. The zero-order chi connectivity index (χ0) is 14.9. The predicted molar refractivity (Wildman–Crippen MR) is 71.7 cm³/mol. The fourth-order valence-corrected chi connectivity index (χ4v) is 2.31. The van der Waals surface area contributed by atoms with E-state index in [1.165, 1.54) is 6.07 Å². The smallest absolute Gasteiger partial charge is 0.169 e. The van der Waals surface area contributed by atoms with Gasteiger partial charge in [0.1, 0.15) is 11.6 Å². The molecule has 3 nitrogen and oxygen atoms in total. The molecule has 0 spiro atoms. The van der Waals surface area contributed by atoms with E-state index in [1.54, 1.807) is 4.68 Å². The van der Waals surface area contributed by atoms with Gasteiger partial charge in [0.25, 0.3) is 0 Å². The first-order valence-electron chi connectivity index (χ1n) is 6.38. The van der Waals surface area contributed by atoms with E-state index < -0.39 is 23.0 Å². The number of carbonyl (C=O) groups is 1. The van der Waals surface area contributed by atoms with Gasteiger partial charge in [-0.2, -0.15) is 5.10 Å². The maximum atomic E-state index is 13.5. The number of benzene rings is 1. The molecule has 1 aromatic carbocycles. The first-order valence-corrected chi connectivity index (χ1v) is 6.38. The van der Waals surface area contributed by atoms with Crippen LogP contribution in [-0.4, -0.2) is 15.6 Å². The average molecular weight is 278 g/mol. The minimum Gasteiger partial charge on any atom is -0.294 e. The number of aryl methyl sites for hydroxylation is 2. The standard InChI is InChI=1S/C15H16F2N2O/c1-9-11(10(2)19(3)18-9)7-8-14(20)15-12(16)5-4-6-13(15)17/h4-6H,7-8H2,1-3H3. The molecule has 0 saturated heterocycles. The summed E-state index contributed by atoms with van der Waals surface area (Å²) >= 11 is 0. The van der Waals surface area contributed by atoms with Crippen LogP contribution in [0.4, 0.5) is 8.78 Å². The summed E-state index contributed by atoms with van der Waals surface area (Å²) in [5.41, 5.74) is 2.31. The van der Waals surface area contributed by atoms with Crippen LogP contribution in [0.15, 0.2) is 18.2 Å². The molecule has 5 heteroatoms. The van der Waals surface area contributed by atoms with Crippen molar-refractivity contribution in [1.82, 2.24) is 9.78 Å². The molecule has 0 N–H and O–H groups in total. The van der Waals surface area contributed by atoms with Gasteiger partial charge in [-0.15, -0.1) is 0 Å². The molecule has 0 bridgehead atoms. The zero-order valence-electron chi connectivity index (χ0n) is 11.7. The van der Waals surface area contributed by atoms with Crippen molar-refractivity contribution < 1.29 is 13.6 Å². The van der Waals surface area contributed by atoms with Gasteiger partial charge in [-0.25, -0.2) is 8.78 Å². The Labute approximate surface area is 116 Å². The third-order valence-corrected chi connectivity index (χ3v) is 3.50. The van der Waals surface area contributed by atoms with Crippen molar-refractivity contribution in [2.45, 2.75) is 26.7 Å². The second-order valence-electron chi connectivity index (χ2n) is 4.79. The fourth-order valence-electron chi connectivity index (χ4n) is 2.31. The Hall–Kier alpha value is -2.04. The maximum Gasteiger partial charge on any atom is 0.169 e. The van der Waals surface area contributed by atoms with Gasteiger partial charge in [-0.3, -0.25) is 9.48 Å². The molecule has 0 fully saturated rings. The van der Waals surface area contributed by atoms with Gasteiger partial charge in [-0.1, -0.05) is 6.07 Å². The van der Waals surface area contributed by atoms with Gasteiger partial charge in [0, 0.05) is 19.2 Å². The van der Waals surface area contributed by atoms with Crippen molar-refractivity contribution in [3.8, 4) is 0 Å².